The van der Waals surface area contributed by atoms with Crippen molar-refractivity contribution in [2.45, 2.75) is 6.54 Å². The molecule has 0 bridgehead atoms. The van der Waals surface area contributed by atoms with Crippen LogP contribution in [0.1, 0.15) is 5.56 Å². The molecule has 1 fully saturated rings. The number of aliphatic hydroxyl groups excluding tert-OH is 1. The van der Waals surface area contributed by atoms with Crippen LogP contribution in [0.4, 0.5) is 0 Å². The van der Waals surface area contributed by atoms with E-state index < -0.39 is 0 Å². The highest BCUT2D eigenvalue weighted by Crippen LogP contribution is 2.07. The molecule has 0 radical (unpaired) electrons. The van der Waals surface area contributed by atoms with Crippen LogP contribution in [0.25, 0.3) is 0 Å². The molecular formula is C14H23N3O2. The number of pyridine rings is 1. The van der Waals surface area contributed by atoms with E-state index in [4.69, 9.17) is 9.84 Å². The topological polar surface area (TPSA) is 48.8 Å². The highest BCUT2D eigenvalue weighted by Gasteiger charge is 2.16. The van der Waals surface area contributed by atoms with E-state index in [0.29, 0.717) is 13.2 Å². The average Bonchev–Trinajstić information content (AvgIpc) is 2.46. The minimum absolute atomic E-state index is 0.111. The average molecular weight is 265 g/mol. The van der Waals surface area contributed by atoms with Crippen molar-refractivity contribution in [3.63, 3.8) is 0 Å². The summed E-state index contributed by atoms with van der Waals surface area (Å²) in [5.41, 5.74) is 1.33. The zero-order chi connectivity index (χ0) is 13.3. The zero-order valence-electron chi connectivity index (χ0n) is 11.4. The number of hydrogen-bond donors (Lipinski definition) is 1. The van der Waals surface area contributed by atoms with Crippen molar-refractivity contribution < 1.29 is 9.84 Å². The Morgan fingerprint density at radius 3 is 2.42 bits per heavy atom. The lowest BCUT2D eigenvalue weighted by molar-refractivity contribution is 0.0564. The maximum atomic E-state index is 8.63. The van der Waals surface area contributed by atoms with Gasteiger partial charge in [0.2, 0.25) is 0 Å². The van der Waals surface area contributed by atoms with Crippen LogP contribution in [-0.4, -0.2) is 72.4 Å². The van der Waals surface area contributed by atoms with Crippen LogP contribution in [0.15, 0.2) is 24.5 Å². The van der Waals surface area contributed by atoms with E-state index in [1.54, 1.807) is 0 Å². The maximum Gasteiger partial charge on any atom is 0.0698 e. The van der Waals surface area contributed by atoms with Gasteiger partial charge in [0.25, 0.3) is 0 Å². The summed E-state index contributed by atoms with van der Waals surface area (Å²) in [6.07, 6.45) is 3.70. The van der Waals surface area contributed by atoms with Crippen LogP contribution < -0.4 is 0 Å². The Morgan fingerprint density at radius 1 is 1.05 bits per heavy atom. The molecule has 2 rings (SSSR count). The first kappa shape index (κ1) is 14.4. The molecule has 0 aliphatic carbocycles. The normalized spacial score (nSPS) is 17.7. The van der Waals surface area contributed by atoms with Gasteiger partial charge in [-0.15, -0.1) is 0 Å². The van der Waals surface area contributed by atoms with Gasteiger partial charge in [0, 0.05) is 51.7 Å². The summed E-state index contributed by atoms with van der Waals surface area (Å²) < 4.78 is 5.30. The molecule has 1 aromatic heterocycles. The van der Waals surface area contributed by atoms with Gasteiger partial charge in [0.05, 0.1) is 19.8 Å². The number of piperazine rings is 1. The first-order chi connectivity index (χ1) is 9.38. The molecule has 0 spiro atoms. The van der Waals surface area contributed by atoms with Gasteiger partial charge < -0.3 is 9.84 Å². The molecule has 1 aliphatic heterocycles. The molecule has 2 heterocycles. The number of aromatic nitrogens is 1. The summed E-state index contributed by atoms with van der Waals surface area (Å²) >= 11 is 0. The van der Waals surface area contributed by atoms with Crippen molar-refractivity contribution in [1.29, 1.82) is 0 Å². The molecule has 1 saturated heterocycles. The summed E-state index contributed by atoms with van der Waals surface area (Å²) in [4.78, 5) is 8.93. The molecule has 1 N–H and O–H groups in total. The van der Waals surface area contributed by atoms with Gasteiger partial charge in [-0.3, -0.25) is 14.8 Å². The Morgan fingerprint density at radius 2 is 1.74 bits per heavy atom. The molecule has 0 atom stereocenters. The SMILES string of the molecule is OCCOCCN1CCN(Cc2ccncc2)CC1. The predicted molar refractivity (Wildman–Crippen MR) is 73.9 cm³/mol. The Balaban J connectivity index is 1.62. The molecule has 0 aromatic carbocycles. The van der Waals surface area contributed by atoms with Crippen LogP contribution in [0.2, 0.25) is 0 Å². The fourth-order valence-corrected chi connectivity index (χ4v) is 2.28. The lowest BCUT2D eigenvalue weighted by Crippen LogP contribution is -2.46. The summed E-state index contributed by atoms with van der Waals surface area (Å²) in [6.45, 7) is 7.62. The van der Waals surface area contributed by atoms with Crippen molar-refractivity contribution in [2.24, 2.45) is 0 Å². The third kappa shape index (κ3) is 5.24. The molecule has 0 unspecified atom stereocenters. The van der Waals surface area contributed by atoms with Gasteiger partial charge in [-0.05, 0) is 17.7 Å². The van der Waals surface area contributed by atoms with E-state index in [0.717, 1.165) is 39.3 Å². The molecule has 5 heteroatoms. The summed E-state index contributed by atoms with van der Waals surface area (Å²) in [7, 11) is 0. The van der Waals surface area contributed by atoms with Crippen LogP contribution >= 0.6 is 0 Å². The van der Waals surface area contributed by atoms with Crippen LogP contribution in [0.3, 0.4) is 0 Å². The van der Waals surface area contributed by atoms with Crippen molar-refractivity contribution >= 4 is 0 Å². The molecule has 0 saturated carbocycles. The Hall–Kier alpha value is -1.01. The first-order valence-corrected chi connectivity index (χ1v) is 6.90. The van der Waals surface area contributed by atoms with Gasteiger partial charge in [-0.2, -0.15) is 0 Å². The summed E-state index contributed by atoms with van der Waals surface area (Å²) in [5.74, 6) is 0. The minimum Gasteiger partial charge on any atom is -0.394 e. The zero-order valence-corrected chi connectivity index (χ0v) is 11.4. The quantitative estimate of drug-likeness (QED) is 0.714. The Labute approximate surface area is 114 Å². The van der Waals surface area contributed by atoms with Gasteiger partial charge in [-0.1, -0.05) is 0 Å². The second kappa shape index (κ2) is 8.22. The largest absolute Gasteiger partial charge is 0.394 e. The molecule has 1 aromatic rings. The predicted octanol–water partition coefficient (Wildman–Crippen LogP) is 0.208. The van der Waals surface area contributed by atoms with E-state index >= 15 is 0 Å². The molecule has 1 aliphatic rings. The van der Waals surface area contributed by atoms with Crippen molar-refractivity contribution in [3.05, 3.63) is 30.1 Å². The maximum absolute atomic E-state index is 8.63. The minimum atomic E-state index is 0.111. The Bertz CT molecular complexity index is 340. The summed E-state index contributed by atoms with van der Waals surface area (Å²) in [6, 6.07) is 4.16. The fraction of sp³-hybridized carbons (Fsp3) is 0.643. The lowest BCUT2D eigenvalue weighted by Gasteiger charge is -2.34. The second-order valence-electron chi connectivity index (χ2n) is 4.81. The van der Waals surface area contributed by atoms with Crippen LogP contribution in [-0.2, 0) is 11.3 Å². The van der Waals surface area contributed by atoms with Gasteiger partial charge in [0.1, 0.15) is 0 Å². The van der Waals surface area contributed by atoms with Crippen LogP contribution in [0, 0.1) is 0 Å². The molecule has 0 amide bonds. The van der Waals surface area contributed by atoms with E-state index in [-0.39, 0.29) is 6.61 Å². The van der Waals surface area contributed by atoms with Crippen LogP contribution in [0.5, 0.6) is 0 Å². The third-order valence-corrected chi connectivity index (χ3v) is 3.41. The van der Waals surface area contributed by atoms with E-state index in [1.165, 1.54) is 5.56 Å². The second-order valence-corrected chi connectivity index (χ2v) is 4.81. The van der Waals surface area contributed by atoms with Crippen molar-refractivity contribution in [2.75, 3.05) is 52.5 Å². The molecule has 106 valence electrons. The fourth-order valence-electron chi connectivity index (χ4n) is 2.28. The standard InChI is InChI=1S/C14H23N3O2/c18-10-12-19-11-9-16-5-7-17(8-6-16)13-14-1-3-15-4-2-14/h1-4,18H,5-13H2. The molecular weight excluding hydrogens is 242 g/mol. The molecule has 19 heavy (non-hydrogen) atoms. The number of aliphatic hydroxyl groups is 1. The summed E-state index contributed by atoms with van der Waals surface area (Å²) in [5, 5.41) is 8.63. The molecule has 5 nitrogen and oxygen atoms in total. The first-order valence-electron chi connectivity index (χ1n) is 6.90. The highest BCUT2D eigenvalue weighted by atomic mass is 16.5. The monoisotopic (exact) mass is 265 g/mol. The highest BCUT2D eigenvalue weighted by molar-refractivity contribution is 5.09. The van der Waals surface area contributed by atoms with E-state index in [9.17, 15) is 0 Å². The number of hydrogen-bond acceptors (Lipinski definition) is 5. The number of ether oxygens (including phenoxy) is 1. The Kier molecular flexibility index (Phi) is 6.23. The third-order valence-electron chi connectivity index (χ3n) is 3.41. The van der Waals surface area contributed by atoms with E-state index in [2.05, 4.69) is 26.9 Å². The number of nitrogens with zero attached hydrogens (tertiary/aromatic N) is 3. The number of rotatable bonds is 7. The van der Waals surface area contributed by atoms with Gasteiger partial charge in [0.15, 0.2) is 0 Å². The lowest BCUT2D eigenvalue weighted by atomic mass is 10.2. The smallest absolute Gasteiger partial charge is 0.0698 e. The van der Waals surface area contributed by atoms with Crippen molar-refractivity contribution in [1.82, 2.24) is 14.8 Å². The van der Waals surface area contributed by atoms with Gasteiger partial charge in [-0.25, -0.2) is 0 Å². The van der Waals surface area contributed by atoms with E-state index in [1.807, 2.05) is 12.4 Å². The van der Waals surface area contributed by atoms with Crippen molar-refractivity contribution in [3.8, 4) is 0 Å². The van der Waals surface area contributed by atoms with Gasteiger partial charge >= 0.3 is 0 Å².